The number of nitrogens with zero attached hydrogens (tertiary/aromatic N) is 1. The number of aliphatic hydroxyl groups excluding tert-OH is 2. The highest BCUT2D eigenvalue weighted by Gasteiger charge is 2.05. The van der Waals surface area contributed by atoms with Crippen LogP contribution in [0.3, 0.4) is 0 Å². The SMILES string of the molecule is OCC(O)CSCc1nc2ccccc2[nH]1. The quantitative estimate of drug-likeness (QED) is 0.731. The Morgan fingerprint density at radius 1 is 1.38 bits per heavy atom. The Balaban J connectivity index is 1.94. The van der Waals surface area contributed by atoms with Crippen LogP contribution in [0.1, 0.15) is 5.82 Å². The minimum Gasteiger partial charge on any atom is -0.394 e. The molecular weight excluding hydrogens is 224 g/mol. The van der Waals surface area contributed by atoms with Crippen molar-refractivity contribution in [3.8, 4) is 0 Å². The summed E-state index contributed by atoms with van der Waals surface area (Å²) < 4.78 is 0. The standard InChI is InChI=1S/C11H14N2O2S/c14-5-8(15)6-16-7-11-12-9-3-1-2-4-10(9)13-11/h1-4,8,14-15H,5-7H2,(H,12,13). The van der Waals surface area contributed by atoms with Crippen LogP contribution in [-0.4, -0.2) is 38.6 Å². The van der Waals surface area contributed by atoms with Crippen LogP contribution in [0.15, 0.2) is 24.3 Å². The Kier molecular flexibility index (Phi) is 3.82. The average Bonchev–Trinajstić information content (AvgIpc) is 2.71. The van der Waals surface area contributed by atoms with E-state index in [1.54, 1.807) is 11.8 Å². The maximum absolute atomic E-state index is 9.17. The molecular formula is C11H14N2O2S. The second-order valence-electron chi connectivity index (χ2n) is 3.55. The smallest absolute Gasteiger partial charge is 0.117 e. The number of H-pyrrole nitrogens is 1. The summed E-state index contributed by atoms with van der Waals surface area (Å²) in [5, 5.41) is 17.8. The minimum absolute atomic E-state index is 0.187. The topological polar surface area (TPSA) is 69.1 Å². The molecule has 1 aromatic heterocycles. The molecule has 86 valence electrons. The third kappa shape index (κ3) is 2.75. The second-order valence-corrected chi connectivity index (χ2v) is 4.58. The first kappa shape index (κ1) is 11.4. The number of aromatic nitrogens is 2. The van der Waals surface area contributed by atoms with Crippen molar-refractivity contribution in [2.24, 2.45) is 0 Å². The Bertz CT molecular complexity index is 425. The summed E-state index contributed by atoms with van der Waals surface area (Å²) in [6.07, 6.45) is -0.644. The first-order valence-electron chi connectivity index (χ1n) is 5.10. The van der Waals surface area contributed by atoms with Crippen molar-refractivity contribution in [1.82, 2.24) is 9.97 Å². The number of nitrogens with one attached hydrogen (secondary N) is 1. The van der Waals surface area contributed by atoms with Crippen LogP contribution in [0.4, 0.5) is 0 Å². The number of rotatable bonds is 5. The van der Waals surface area contributed by atoms with Crippen LogP contribution in [0.2, 0.25) is 0 Å². The number of aromatic amines is 1. The Hall–Kier alpha value is -1.04. The number of fused-ring (bicyclic) bond motifs is 1. The third-order valence-electron chi connectivity index (χ3n) is 2.20. The Morgan fingerprint density at radius 2 is 2.19 bits per heavy atom. The number of imidazole rings is 1. The lowest BCUT2D eigenvalue weighted by molar-refractivity contribution is 0.113. The molecule has 1 heterocycles. The highest BCUT2D eigenvalue weighted by molar-refractivity contribution is 7.98. The summed E-state index contributed by atoms with van der Waals surface area (Å²) in [5.74, 6) is 2.13. The van der Waals surface area contributed by atoms with Crippen molar-refractivity contribution in [3.63, 3.8) is 0 Å². The van der Waals surface area contributed by atoms with Crippen molar-refractivity contribution in [3.05, 3.63) is 30.1 Å². The fourth-order valence-electron chi connectivity index (χ4n) is 1.42. The van der Waals surface area contributed by atoms with Crippen molar-refractivity contribution < 1.29 is 10.2 Å². The van der Waals surface area contributed by atoms with Gasteiger partial charge in [0, 0.05) is 5.75 Å². The summed E-state index contributed by atoms with van der Waals surface area (Å²) in [6, 6.07) is 7.87. The van der Waals surface area contributed by atoms with Gasteiger partial charge in [-0.1, -0.05) is 12.1 Å². The number of aliphatic hydroxyl groups is 2. The molecule has 1 unspecified atom stereocenters. The molecule has 4 nitrogen and oxygen atoms in total. The van der Waals surface area contributed by atoms with Crippen molar-refractivity contribution >= 4 is 22.8 Å². The molecule has 1 atom stereocenters. The van der Waals surface area contributed by atoms with Crippen molar-refractivity contribution in [2.75, 3.05) is 12.4 Å². The van der Waals surface area contributed by atoms with E-state index in [2.05, 4.69) is 9.97 Å². The van der Waals surface area contributed by atoms with Gasteiger partial charge in [-0.2, -0.15) is 11.8 Å². The van der Waals surface area contributed by atoms with Crippen LogP contribution >= 0.6 is 11.8 Å². The molecule has 0 aliphatic heterocycles. The van der Waals surface area contributed by atoms with Crippen molar-refractivity contribution in [1.29, 1.82) is 0 Å². The average molecular weight is 238 g/mol. The predicted molar refractivity (Wildman–Crippen MR) is 65.3 cm³/mol. The first-order valence-corrected chi connectivity index (χ1v) is 6.25. The molecule has 16 heavy (non-hydrogen) atoms. The van der Waals surface area contributed by atoms with Crippen LogP contribution in [0, 0.1) is 0 Å². The monoisotopic (exact) mass is 238 g/mol. The highest BCUT2D eigenvalue weighted by atomic mass is 32.2. The molecule has 0 spiro atoms. The first-order chi connectivity index (χ1) is 7.79. The van der Waals surface area contributed by atoms with E-state index < -0.39 is 6.10 Å². The van der Waals surface area contributed by atoms with Crippen LogP contribution in [0.25, 0.3) is 11.0 Å². The molecule has 0 bridgehead atoms. The molecule has 0 saturated heterocycles. The van der Waals surface area contributed by atoms with Crippen molar-refractivity contribution in [2.45, 2.75) is 11.9 Å². The zero-order valence-electron chi connectivity index (χ0n) is 8.76. The van der Waals surface area contributed by atoms with Gasteiger partial charge in [0.15, 0.2) is 0 Å². The normalized spacial score (nSPS) is 13.1. The fraction of sp³-hybridized carbons (Fsp3) is 0.364. The van der Waals surface area contributed by atoms with Gasteiger partial charge in [-0.25, -0.2) is 4.98 Å². The summed E-state index contributed by atoms with van der Waals surface area (Å²) in [5.41, 5.74) is 1.99. The number of thioether (sulfide) groups is 1. The van der Waals surface area contributed by atoms with Gasteiger partial charge in [-0.3, -0.25) is 0 Å². The maximum Gasteiger partial charge on any atom is 0.117 e. The van der Waals surface area contributed by atoms with E-state index in [-0.39, 0.29) is 6.61 Å². The zero-order chi connectivity index (χ0) is 11.4. The highest BCUT2D eigenvalue weighted by Crippen LogP contribution is 2.15. The summed E-state index contributed by atoms with van der Waals surface area (Å²) in [7, 11) is 0. The lowest BCUT2D eigenvalue weighted by Gasteiger charge is -2.04. The molecule has 0 saturated carbocycles. The van der Waals surface area contributed by atoms with Gasteiger partial charge in [0.25, 0.3) is 0 Å². The number of hydrogen-bond acceptors (Lipinski definition) is 4. The predicted octanol–water partition coefficient (Wildman–Crippen LogP) is 1.15. The fourth-order valence-corrected chi connectivity index (χ4v) is 2.24. The molecule has 0 aliphatic carbocycles. The van der Waals surface area contributed by atoms with Crippen LogP contribution in [0.5, 0.6) is 0 Å². The van der Waals surface area contributed by atoms with E-state index in [1.165, 1.54) is 0 Å². The van der Waals surface area contributed by atoms with Crippen LogP contribution < -0.4 is 0 Å². The second kappa shape index (κ2) is 5.34. The molecule has 5 heteroatoms. The molecule has 3 N–H and O–H groups in total. The number of para-hydroxylation sites is 2. The largest absolute Gasteiger partial charge is 0.394 e. The van der Waals surface area contributed by atoms with Crippen LogP contribution in [-0.2, 0) is 5.75 Å². The van der Waals surface area contributed by atoms with Gasteiger partial charge in [-0.05, 0) is 12.1 Å². The van der Waals surface area contributed by atoms with E-state index in [4.69, 9.17) is 5.11 Å². The third-order valence-corrected chi connectivity index (χ3v) is 3.30. The summed E-state index contributed by atoms with van der Waals surface area (Å²) in [4.78, 5) is 7.63. The van der Waals surface area contributed by atoms with E-state index in [0.717, 1.165) is 16.9 Å². The van der Waals surface area contributed by atoms with Gasteiger partial charge in [0.2, 0.25) is 0 Å². The molecule has 0 radical (unpaired) electrons. The van der Waals surface area contributed by atoms with E-state index >= 15 is 0 Å². The molecule has 0 fully saturated rings. The van der Waals surface area contributed by atoms with E-state index in [1.807, 2.05) is 24.3 Å². The molecule has 0 amide bonds. The molecule has 2 rings (SSSR count). The molecule has 1 aromatic carbocycles. The lowest BCUT2D eigenvalue weighted by Crippen LogP contribution is -2.14. The maximum atomic E-state index is 9.17. The summed E-state index contributed by atoms with van der Waals surface area (Å²) >= 11 is 1.55. The number of hydrogen-bond donors (Lipinski definition) is 3. The Morgan fingerprint density at radius 3 is 2.94 bits per heavy atom. The van der Waals surface area contributed by atoms with Gasteiger partial charge >= 0.3 is 0 Å². The summed E-state index contributed by atoms with van der Waals surface area (Å²) in [6.45, 7) is -0.187. The van der Waals surface area contributed by atoms with E-state index in [9.17, 15) is 5.11 Å². The zero-order valence-corrected chi connectivity index (χ0v) is 9.57. The van der Waals surface area contributed by atoms with E-state index in [0.29, 0.717) is 11.5 Å². The molecule has 0 aliphatic rings. The minimum atomic E-state index is -0.644. The van der Waals surface area contributed by atoms with Gasteiger partial charge in [0.1, 0.15) is 5.82 Å². The number of benzene rings is 1. The lowest BCUT2D eigenvalue weighted by atomic mass is 10.3. The van der Waals surface area contributed by atoms with Gasteiger partial charge in [-0.15, -0.1) is 0 Å². The van der Waals surface area contributed by atoms with Gasteiger partial charge in [0.05, 0.1) is 29.5 Å². The molecule has 2 aromatic rings. The van der Waals surface area contributed by atoms with Gasteiger partial charge < -0.3 is 15.2 Å². The Labute approximate surface area is 97.7 Å².